The summed E-state index contributed by atoms with van der Waals surface area (Å²) >= 11 is 14.3. The van der Waals surface area contributed by atoms with Crippen molar-refractivity contribution in [2.45, 2.75) is 36.2 Å². The van der Waals surface area contributed by atoms with Gasteiger partial charge < -0.3 is 9.88 Å². The van der Waals surface area contributed by atoms with Crippen molar-refractivity contribution in [1.29, 1.82) is 0 Å². The Bertz CT molecular complexity index is 1310. The maximum absolute atomic E-state index is 12.5. The molecule has 1 N–H and O–H groups in total. The first kappa shape index (κ1) is 25.8. The summed E-state index contributed by atoms with van der Waals surface area (Å²) in [5.74, 6) is -2.62. The molecule has 1 aromatic heterocycles. The molecule has 1 saturated heterocycles. The van der Waals surface area contributed by atoms with Crippen LogP contribution in [0.5, 0.6) is 0 Å². The zero-order valence-electron chi connectivity index (χ0n) is 18.6. The molecule has 182 valence electrons. The molecule has 3 aromatic rings. The van der Waals surface area contributed by atoms with E-state index in [0.29, 0.717) is 38.3 Å². The molecule has 1 aliphatic heterocycles. The summed E-state index contributed by atoms with van der Waals surface area (Å²) in [7, 11) is 0. The fraction of sp³-hybridized carbons (Fsp3) is 0.208. The lowest BCUT2D eigenvalue weighted by atomic mass is 10.1. The highest BCUT2D eigenvalue weighted by molar-refractivity contribution is 8.15. The van der Waals surface area contributed by atoms with Crippen LogP contribution in [0.4, 0.5) is 8.78 Å². The van der Waals surface area contributed by atoms with E-state index in [1.165, 1.54) is 11.8 Å². The molecule has 0 saturated carbocycles. The van der Waals surface area contributed by atoms with Crippen molar-refractivity contribution in [3.05, 3.63) is 81.1 Å². The van der Waals surface area contributed by atoms with E-state index in [0.717, 1.165) is 28.2 Å². The van der Waals surface area contributed by atoms with Gasteiger partial charge >= 0.3 is 0 Å². The van der Waals surface area contributed by atoms with E-state index in [9.17, 15) is 13.6 Å². The predicted molar refractivity (Wildman–Crippen MR) is 142 cm³/mol. The summed E-state index contributed by atoms with van der Waals surface area (Å²) in [5, 5.41) is 12.3. The lowest BCUT2D eigenvalue weighted by molar-refractivity contribution is -0.118. The molecule has 1 amide bonds. The van der Waals surface area contributed by atoms with Gasteiger partial charge in [-0.15, -0.1) is 5.10 Å². The topological polar surface area (TPSA) is 58.8 Å². The average molecular weight is 553 g/mol. The Kier molecular flexibility index (Phi) is 8.21. The Labute approximate surface area is 220 Å². The number of hydrogen-bond donors (Lipinski definition) is 1. The Morgan fingerprint density at radius 2 is 1.91 bits per heavy atom. The van der Waals surface area contributed by atoms with E-state index in [1.807, 2.05) is 24.5 Å². The molecule has 2 aromatic carbocycles. The standard InChI is InChI=1S/C24H20Cl2F2N4OS2/c1-13-9-16(14(2)32(13)20-11-17(25)5-8-19(20)26)12-29-31-24-30-22(33)21(35-24)10-15-3-6-18(7-4-15)34-23(27)28/h3-9,11-12,21,23H,10H2,1-2H3,(H,30,31,33)/b29-12-/t21-/m0/s1. The van der Waals surface area contributed by atoms with Gasteiger partial charge in [0.25, 0.3) is 5.76 Å². The normalized spacial score (nSPS) is 17.2. The SMILES string of the molecule is Cc1cc(/C=N\N=C2/NC(=O)[C@H](Cc3ccc(SC(F)F)cc3)S2)c(C)n1-c1cc(Cl)ccc1Cl. The lowest BCUT2D eigenvalue weighted by Gasteiger charge is -2.12. The molecule has 0 spiro atoms. The number of amidine groups is 1. The third kappa shape index (κ3) is 6.27. The second-order valence-electron chi connectivity index (χ2n) is 7.73. The zero-order chi connectivity index (χ0) is 25.1. The molecule has 0 bridgehead atoms. The van der Waals surface area contributed by atoms with Gasteiger partial charge in [0.1, 0.15) is 0 Å². The summed E-state index contributed by atoms with van der Waals surface area (Å²) < 4.78 is 26.9. The van der Waals surface area contributed by atoms with Gasteiger partial charge in [0.2, 0.25) is 5.91 Å². The Hall–Kier alpha value is -2.33. The number of rotatable bonds is 7. The van der Waals surface area contributed by atoms with Crippen LogP contribution in [0.2, 0.25) is 10.0 Å². The molecule has 1 aliphatic rings. The molecule has 0 radical (unpaired) electrons. The molecule has 0 aliphatic carbocycles. The summed E-state index contributed by atoms with van der Waals surface area (Å²) in [4.78, 5) is 12.8. The van der Waals surface area contributed by atoms with E-state index in [1.54, 1.807) is 48.7 Å². The number of aryl methyl sites for hydroxylation is 1. The van der Waals surface area contributed by atoms with Crippen LogP contribution in [0.1, 0.15) is 22.5 Å². The first-order valence-corrected chi connectivity index (χ1v) is 13.0. The van der Waals surface area contributed by atoms with Crippen molar-refractivity contribution in [2.75, 3.05) is 0 Å². The van der Waals surface area contributed by atoms with Crippen LogP contribution < -0.4 is 5.32 Å². The number of hydrogen-bond acceptors (Lipinski definition) is 5. The van der Waals surface area contributed by atoms with Crippen molar-refractivity contribution in [3.8, 4) is 5.69 Å². The van der Waals surface area contributed by atoms with Crippen LogP contribution in [0.25, 0.3) is 5.69 Å². The van der Waals surface area contributed by atoms with Crippen molar-refractivity contribution in [3.63, 3.8) is 0 Å². The third-order valence-electron chi connectivity index (χ3n) is 5.31. The smallest absolute Gasteiger partial charge is 0.288 e. The summed E-state index contributed by atoms with van der Waals surface area (Å²) in [6.45, 7) is 3.91. The minimum Gasteiger partial charge on any atom is -0.316 e. The number of thioether (sulfide) groups is 2. The highest BCUT2D eigenvalue weighted by Gasteiger charge is 2.30. The van der Waals surface area contributed by atoms with E-state index in [4.69, 9.17) is 23.2 Å². The fourth-order valence-electron chi connectivity index (χ4n) is 3.70. The average Bonchev–Trinajstić information content (AvgIpc) is 3.29. The molecule has 11 heteroatoms. The highest BCUT2D eigenvalue weighted by Crippen LogP contribution is 2.29. The summed E-state index contributed by atoms with van der Waals surface area (Å²) in [6, 6.07) is 14.1. The van der Waals surface area contributed by atoms with Gasteiger partial charge in [0, 0.05) is 26.9 Å². The van der Waals surface area contributed by atoms with Crippen LogP contribution >= 0.6 is 46.7 Å². The van der Waals surface area contributed by atoms with E-state index < -0.39 is 5.76 Å². The van der Waals surface area contributed by atoms with E-state index in [2.05, 4.69) is 15.5 Å². The Balaban J connectivity index is 1.43. The summed E-state index contributed by atoms with van der Waals surface area (Å²) in [5.41, 5.74) is 4.40. The van der Waals surface area contributed by atoms with Crippen molar-refractivity contribution in [1.82, 2.24) is 9.88 Å². The first-order chi connectivity index (χ1) is 16.7. The van der Waals surface area contributed by atoms with Gasteiger partial charge in [0.15, 0.2) is 5.17 Å². The lowest BCUT2D eigenvalue weighted by Crippen LogP contribution is -2.25. The molecule has 4 rings (SSSR count). The number of amides is 1. The maximum Gasteiger partial charge on any atom is 0.288 e. The Morgan fingerprint density at radius 1 is 1.17 bits per heavy atom. The molecule has 1 fully saturated rings. The molecular weight excluding hydrogens is 533 g/mol. The molecular formula is C24H20Cl2F2N4OS2. The van der Waals surface area contributed by atoms with Crippen molar-refractivity contribution < 1.29 is 13.6 Å². The van der Waals surface area contributed by atoms with Crippen molar-refractivity contribution in [2.24, 2.45) is 10.2 Å². The molecule has 5 nitrogen and oxygen atoms in total. The van der Waals surface area contributed by atoms with Crippen molar-refractivity contribution >= 4 is 64.0 Å². The number of nitrogens with one attached hydrogen (secondary N) is 1. The number of carbonyl (C=O) groups excluding carboxylic acids is 1. The molecule has 0 unspecified atom stereocenters. The predicted octanol–water partition coefficient (Wildman–Crippen LogP) is 6.88. The van der Waals surface area contributed by atoms with Gasteiger partial charge in [0.05, 0.1) is 22.2 Å². The van der Waals surface area contributed by atoms with Crippen LogP contribution in [-0.2, 0) is 11.2 Å². The second-order valence-corrected chi connectivity index (χ2v) is 10.8. The maximum atomic E-state index is 12.5. The number of nitrogens with zero attached hydrogens (tertiary/aromatic N) is 3. The number of aromatic nitrogens is 1. The minimum atomic E-state index is -2.46. The third-order valence-corrected chi connectivity index (χ3v) is 7.66. The fourth-order valence-corrected chi connectivity index (χ4v) is 5.53. The number of carbonyl (C=O) groups is 1. The van der Waals surface area contributed by atoms with E-state index in [-0.39, 0.29) is 11.2 Å². The minimum absolute atomic E-state index is 0.163. The highest BCUT2D eigenvalue weighted by atomic mass is 35.5. The van der Waals surface area contributed by atoms with Gasteiger partial charge in [-0.3, -0.25) is 4.79 Å². The monoisotopic (exact) mass is 552 g/mol. The second kappa shape index (κ2) is 11.2. The van der Waals surface area contributed by atoms with Crippen LogP contribution in [0.15, 0.2) is 63.6 Å². The zero-order valence-corrected chi connectivity index (χ0v) is 21.8. The largest absolute Gasteiger partial charge is 0.316 e. The number of benzene rings is 2. The van der Waals surface area contributed by atoms with Crippen LogP contribution in [0, 0.1) is 13.8 Å². The number of alkyl halides is 2. The Morgan fingerprint density at radius 3 is 2.63 bits per heavy atom. The van der Waals surface area contributed by atoms with Crippen LogP contribution in [0.3, 0.4) is 0 Å². The first-order valence-electron chi connectivity index (χ1n) is 10.5. The molecule has 35 heavy (non-hydrogen) atoms. The van der Waals surface area contributed by atoms with Gasteiger partial charge in [-0.1, -0.05) is 58.9 Å². The molecule has 1 atom stereocenters. The van der Waals surface area contributed by atoms with Gasteiger partial charge in [-0.05, 0) is 62.2 Å². The quantitative estimate of drug-likeness (QED) is 0.197. The van der Waals surface area contributed by atoms with Crippen LogP contribution in [-0.4, -0.2) is 32.9 Å². The molecule has 2 heterocycles. The van der Waals surface area contributed by atoms with Gasteiger partial charge in [-0.25, -0.2) is 0 Å². The van der Waals surface area contributed by atoms with E-state index >= 15 is 0 Å². The number of halogens is 4. The summed E-state index contributed by atoms with van der Waals surface area (Å²) in [6.07, 6.45) is 2.09. The van der Waals surface area contributed by atoms with Gasteiger partial charge in [-0.2, -0.15) is 13.9 Å².